The fraction of sp³-hybridized carbons (Fsp3) is 0.522. The topological polar surface area (TPSA) is 69.7 Å². The molecule has 4 rings (SSSR count). The van der Waals surface area contributed by atoms with Gasteiger partial charge < -0.3 is 10.2 Å². The molecule has 0 radical (unpaired) electrons. The number of nitrogens with one attached hydrogen (secondary N) is 1. The molecule has 2 saturated heterocycles. The van der Waals surface area contributed by atoms with Gasteiger partial charge in [0.2, 0.25) is 17.7 Å². The van der Waals surface area contributed by atoms with Gasteiger partial charge in [-0.05, 0) is 49.3 Å². The van der Waals surface area contributed by atoms with Gasteiger partial charge in [0.05, 0.1) is 22.5 Å². The van der Waals surface area contributed by atoms with Gasteiger partial charge in [0.15, 0.2) is 0 Å². The smallest absolute Gasteiger partial charge is 0.240 e. The lowest BCUT2D eigenvalue weighted by Crippen LogP contribution is -2.40. The molecule has 1 aromatic carbocycles. The third kappa shape index (κ3) is 4.24. The maximum absolute atomic E-state index is 12.5. The zero-order valence-corrected chi connectivity index (χ0v) is 18.0. The Hall–Kier alpha value is -2.34. The average Bonchev–Trinajstić information content (AvgIpc) is 2.97. The zero-order chi connectivity index (χ0) is 21.3. The number of imide groups is 1. The van der Waals surface area contributed by atoms with Crippen LogP contribution in [-0.2, 0) is 20.9 Å². The van der Waals surface area contributed by atoms with Crippen molar-refractivity contribution < 1.29 is 14.4 Å². The fourth-order valence-electron chi connectivity index (χ4n) is 4.75. The van der Waals surface area contributed by atoms with Crippen LogP contribution in [0.4, 0.5) is 5.69 Å². The van der Waals surface area contributed by atoms with Crippen molar-refractivity contribution in [2.24, 2.45) is 17.8 Å². The second kappa shape index (κ2) is 8.80. The number of nitrogens with zero attached hydrogens (tertiary/aromatic N) is 2. The number of benzene rings is 1. The van der Waals surface area contributed by atoms with E-state index in [2.05, 4.69) is 17.1 Å². The molecule has 2 aliphatic heterocycles. The first-order valence-corrected chi connectivity index (χ1v) is 11.1. The molecule has 1 N–H and O–H groups in total. The summed E-state index contributed by atoms with van der Waals surface area (Å²) in [5.74, 6) is -0.753. The van der Waals surface area contributed by atoms with Gasteiger partial charge in [-0.1, -0.05) is 36.7 Å². The molecule has 0 bridgehead atoms. The molecule has 0 spiro atoms. The van der Waals surface area contributed by atoms with Gasteiger partial charge in [0.25, 0.3) is 0 Å². The molecule has 0 aromatic heterocycles. The molecule has 7 heteroatoms. The minimum Gasteiger partial charge on any atom is -0.370 e. The number of hydrogen-bond donors (Lipinski definition) is 1. The van der Waals surface area contributed by atoms with Crippen LogP contribution in [0.3, 0.4) is 0 Å². The van der Waals surface area contributed by atoms with E-state index in [9.17, 15) is 14.4 Å². The molecule has 3 atom stereocenters. The minimum atomic E-state index is -0.339. The SMILES string of the molecule is C[C@@H]1CCCN(c2ccc(CNC(=O)CN3C(=O)[C@@H]4CC=CC[C@H]4C3=O)cc2Cl)C1. The molecule has 3 amide bonds. The van der Waals surface area contributed by atoms with Crippen LogP contribution in [0.1, 0.15) is 38.2 Å². The highest BCUT2D eigenvalue weighted by Gasteiger charge is 2.47. The average molecular weight is 430 g/mol. The van der Waals surface area contributed by atoms with Crippen molar-refractivity contribution in [3.8, 4) is 0 Å². The van der Waals surface area contributed by atoms with Crippen molar-refractivity contribution in [3.63, 3.8) is 0 Å². The van der Waals surface area contributed by atoms with Crippen LogP contribution in [0, 0.1) is 17.8 Å². The van der Waals surface area contributed by atoms with Gasteiger partial charge in [-0.15, -0.1) is 0 Å². The van der Waals surface area contributed by atoms with E-state index in [1.165, 1.54) is 12.8 Å². The predicted molar refractivity (Wildman–Crippen MR) is 116 cm³/mol. The van der Waals surface area contributed by atoms with Gasteiger partial charge in [0, 0.05) is 19.6 Å². The van der Waals surface area contributed by atoms with Crippen molar-refractivity contribution in [2.75, 3.05) is 24.5 Å². The number of rotatable bonds is 5. The lowest BCUT2D eigenvalue weighted by molar-refractivity contribution is -0.143. The van der Waals surface area contributed by atoms with Crippen molar-refractivity contribution in [1.82, 2.24) is 10.2 Å². The Labute approximate surface area is 182 Å². The van der Waals surface area contributed by atoms with E-state index in [0.29, 0.717) is 30.3 Å². The second-order valence-electron chi connectivity index (χ2n) is 8.67. The Morgan fingerprint density at radius 1 is 1.17 bits per heavy atom. The number of amides is 3. The summed E-state index contributed by atoms with van der Waals surface area (Å²) in [6, 6.07) is 5.85. The van der Waals surface area contributed by atoms with Crippen molar-refractivity contribution in [3.05, 3.63) is 40.9 Å². The summed E-state index contributed by atoms with van der Waals surface area (Å²) in [7, 11) is 0. The van der Waals surface area contributed by atoms with Crippen LogP contribution in [0.5, 0.6) is 0 Å². The number of allylic oxidation sites excluding steroid dienone is 2. The summed E-state index contributed by atoms with van der Waals surface area (Å²) in [6.45, 7) is 4.36. The number of piperidine rings is 1. The third-order valence-electron chi connectivity index (χ3n) is 6.40. The Bertz CT molecular complexity index is 858. The summed E-state index contributed by atoms with van der Waals surface area (Å²) in [4.78, 5) is 40.8. The number of fused-ring (bicyclic) bond motifs is 1. The van der Waals surface area contributed by atoms with Crippen LogP contribution in [0.2, 0.25) is 5.02 Å². The van der Waals surface area contributed by atoms with E-state index in [4.69, 9.17) is 11.6 Å². The lowest BCUT2D eigenvalue weighted by atomic mass is 9.85. The van der Waals surface area contributed by atoms with Crippen LogP contribution >= 0.6 is 11.6 Å². The van der Waals surface area contributed by atoms with E-state index >= 15 is 0 Å². The van der Waals surface area contributed by atoms with E-state index in [0.717, 1.165) is 29.2 Å². The summed E-state index contributed by atoms with van der Waals surface area (Å²) in [6.07, 6.45) is 7.45. The molecule has 0 saturated carbocycles. The van der Waals surface area contributed by atoms with Crippen LogP contribution in [0.15, 0.2) is 30.4 Å². The molecule has 1 aromatic rings. The molecule has 2 heterocycles. The molecule has 3 aliphatic rings. The molecule has 1 aliphatic carbocycles. The van der Waals surface area contributed by atoms with Crippen LogP contribution in [0.25, 0.3) is 0 Å². The first kappa shape index (κ1) is 20.9. The number of halogens is 1. The summed E-state index contributed by atoms with van der Waals surface area (Å²) in [5.41, 5.74) is 1.92. The van der Waals surface area contributed by atoms with Gasteiger partial charge in [-0.25, -0.2) is 0 Å². The Kier molecular flexibility index (Phi) is 6.14. The maximum atomic E-state index is 12.5. The summed E-state index contributed by atoms with van der Waals surface area (Å²) >= 11 is 6.51. The van der Waals surface area contributed by atoms with Gasteiger partial charge >= 0.3 is 0 Å². The fourth-order valence-corrected chi connectivity index (χ4v) is 5.07. The summed E-state index contributed by atoms with van der Waals surface area (Å²) in [5, 5.41) is 3.49. The lowest BCUT2D eigenvalue weighted by Gasteiger charge is -2.33. The van der Waals surface area contributed by atoms with E-state index in [-0.39, 0.29) is 36.1 Å². The maximum Gasteiger partial charge on any atom is 0.240 e. The number of likely N-dealkylation sites (tertiary alicyclic amines) is 1. The highest BCUT2D eigenvalue weighted by molar-refractivity contribution is 6.33. The predicted octanol–water partition coefficient (Wildman–Crippen LogP) is 3.14. The van der Waals surface area contributed by atoms with Crippen LogP contribution < -0.4 is 10.2 Å². The second-order valence-corrected chi connectivity index (χ2v) is 9.08. The molecular formula is C23H28ClN3O3. The van der Waals surface area contributed by atoms with E-state index in [1.54, 1.807) is 0 Å². The molecule has 2 fully saturated rings. The number of anilines is 1. The van der Waals surface area contributed by atoms with Gasteiger partial charge in [0.1, 0.15) is 6.54 Å². The summed E-state index contributed by atoms with van der Waals surface area (Å²) < 4.78 is 0. The Morgan fingerprint density at radius 3 is 2.50 bits per heavy atom. The Morgan fingerprint density at radius 2 is 1.87 bits per heavy atom. The van der Waals surface area contributed by atoms with E-state index < -0.39 is 0 Å². The molecular weight excluding hydrogens is 402 g/mol. The molecule has 160 valence electrons. The van der Waals surface area contributed by atoms with Crippen molar-refractivity contribution in [1.29, 1.82) is 0 Å². The normalized spacial score (nSPS) is 26.1. The number of carbonyl (C=O) groups excluding carboxylic acids is 3. The van der Waals surface area contributed by atoms with Crippen molar-refractivity contribution in [2.45, 2.75) is 39.2 Å². The first-order valence-electron chi connectivity index (χ1n) is 10.7. The van der Waals surface area contributed by atoms with Crippen molar-refractivity contribution >= 4 is 35.0 Å². The van der Waals surface area contributed by atoms with Crippen LogP contribution in [-0.4, -0.2) is 42.3 Å². The number of hydrogen-bond acceptors (Lipinski definition) is 4. The molecule has 0 unspecified atom stereocenters. The highest BCUT2D eigenvalue weighted by Crippen LogP contribution is 2.35. The largest absolute Gasteiger partial charge is 0.370 e. The Balaban J connectivity index is 1.32. The number of carbonyl (C=O) groups is 3. The monoisotopic (exact) mass is 429 g/mol. The highest BCUT2D eigenvalue weighted by atomic mass is 35.5. The van der Waals surface area contributed by atoms with E-state index in [1.807, 2.05) is 30.4 Å². The third-order valence-corrected chi connectivity index (χ3v) is 6.70. The zero-order valence-electron chi connectivity index (χ0n) is 17.3. The van der Waals surface area contributed by atoms with Gasteiger partial charge in [-0.2, -0.15) is 0 Å². The molecule has 6 nitrogen and oxygen atoms in total. The van der Waals surface area contributed by atoms with Gasteiger partial charge in [-0.3, -0.25) is 19.3 Å². The molecule has 30 heavy (non-hydrogen) atoms. The first-order chi connectivity index (χ1) is 14.4. The standard InChI is InChI=1S/C23H28ClN3O3/c1-15-5-4-10-26(13-15)20-9-8-16(11-19(20)24)12-25-21(28)14-27-22(29)17-6-2-3-7-18(17)23(27)30/h2-3,8-9,11,15,17-18H,4-7,10,12-14H2,1H3,(H,25,28)/t15-,17-,18-/m1/s1. The minimum absolute atomic E-state index is 0.220. The quantitative estimate of drug-likeness (QED) is 0.576.